The first-order valence-corrected chi connectivity index (χ1v) is 10.5. The van der Waals surface area contributed by atoms with Crippen LogP contribution in [0.15, 0.2) is 40.9 Å². The Morgan fingerprint density at radius 3 is 2.50 bits per heavy atom. The van der Waals surface area contributed by atoms with E-state index in [-0.39, 0.29) is 12.5 Å². The quantitative estimate of drug-likeness (QED) is 0.722. The zero-order chi connectivity index (χ0) is 20.1. The molecule has 150 valence electrons. The molecule has 3 rings (SSSR count). The summed E-state index contributed by atoms with van der Waals surface area (Å²) in [6.45, 7) is 11.7. The number of nitrogens with one attached hydrogen (secondary N) is 1. The van der Waals surface area contributed by atoms with Crippen LogP contribution in [0.5, 0.6) is 5.75 Å². The highest BCUT2D eigenvalue weighted by Crippen LogP contribution is 2.26. The summed E-state index contributed by atoms with van der Waals surface area (Å²) in [5.74, 6) is 0.495. The molecule has 1 amide bonds. The molecule has 0 saturated carbocycles. The summed E-state index contributed by atoms with van der Waals surface area (Å²) in [6, 6.07) is 11.9. The van der Waals surface area contributed by atoms with Gasteiger partial charge in [0.15, 0.2) is 6.61 Å². The van der Waals surface area contributed by atoms with Crippen molar-refractivity contribution in [1.29, 1.82) is 0 Å². The molecule has 2 aromatic rings. The first-order chi connectivity index (χ1) is 13.5. The number of hydrogen-bond acceptors (Lipinski definition) is 4. The zero-order valence-electron chi connectivity index (χ0n) is 16.8. The second-order valence-corrected chi connectivity index (χ2v) is 8.05. The van der Waals surface area contributed by atoms with Gasteiger partial charge in [-0.05, 0) is 77.8 Å². The zero-order valence-corrected chi connectivity index (χ0v) is 18.4. The van der Waals surface area contributed by atoms with E-state index in [9.17, 15) is 4.79 Å². The van der Waals surface area contributed by atoms with Gasteiger partial charge >= 0.3 is 0 Å². The van der Waals surface area contributed by atoms with Crippen molar-refractivity contribution >= 4 is 33.2 Å². The second kappa shape index (κ2) is 9.43. The lowest BCUT2D eigenvalue weighted by Gasteiger charge is -2.36. The molecule has 1 fully saturated rings. The van der Waals surface area contributed by atoms with Crippen LogP contribution in [0.3, 0.4) is 0 Å². The lowest BCUT2D eigenvalue weighted by atomic mass is 10.1. The van der Waals surface area contributed by atoms with Crippen LogP contribution in [0.4, 0.5) is 11.4 Å². The minimum atomic E-state index is -0.170. The van der Waals surface area contributed by atoms with Crippen LogP contribution in [-0.2, 0) is 4.79 Å². The molecule has 1 aliphatic rings. The fourth-order valence-electron chi connectivity index (χ4n) is 3.46. The molecule has 0 bridgehead atoms. The van der Waals surface area contributed by atoms with Crippen molar-refractivity contribution in [3.63, 3.8) is 0 Å². The highest BCUT2D eigenvalue weighted by atomic mass is 79.9. The maximum absolute atomic E-state index is 12.3. The summed E-state index contributed by atoms with van der Waals surface area (Å²) in [5.41, 5.74) is 4.35. The fourth-order valence-corrected chi connectivity index (χ4v) is 4.06. The minimum Gasteiger partial charge on any atom is -0.483 e. The van der Waals surface area contributed by atoms with E-state index in [1.807, 2.05) is 37.3 Å². The molecule has 0 aromatic heterocycles. The molecule has 0 aliphatic carbocycles. The Kier molecular flexibility index (Phi) is 6.97. The number of anilines is 2. The number of halogens is 1. The standard InChI is InChI=1S/C22H28BrN3O2/c1-4-25-9-11-26(12-10-25)20-7-6-18(14-17(20)3)24-22(27)15-28-21-8-5-16(2)13-19(21)23/h5-8,13-14H,4,9-12,15H2,1-3H3,(H,24,27). The van der Waals surface area contributed by atoms with E-state index in [0.717, 1.165) is 48.4 Å². The van der Waals surface area contributed by atoms with E-state index >= 15 is 0 Å². The highest BCUT2D eigenvalue weighted by molar-refractivity contribution is 9.10. The van der Waals surface area contributed by atoms with E-state index in [0.29, 0.717) is 5.75 Å². The number of ether oxygens (including phenoxy) is 1. The van der Waals surface area contributed by atoms with Crippen LogP contribution < -0.4 is 15.0 Å². The number of likely N-dealkylation sites (N-methyl/N-ethyl adjacent to an activating group) is 1. The summed E-state index contributed by atoms with van der Waals surface area (Å²) in [6.07, 6.45) is 0. The van der Waals surface area contributed by atoms with Crippen LogP contribution in [-0.4, -0.2) is 50.1 Å². The van der Waals surface area contributed by atoms with Crippen molar-refractivity contribution in [3.05, 3.63) is 52.0 Å². The van der Waals surface area contributed by atoms with E-state index in [4.69, 9.17) is 4.74 Å². The Morgan fingerprint density at radius 1 is 1.11 bits per heavy atom. The predicted octanol–water partition coefficient (Wildman–Crippen LogP) is 4.23. The molecule has 28 heavy (non-hydrogen) atoms. The minimum absolute atomic E-state index is 0.0264. The summed E-state index contributed by atoms with van der Waals surface area (Å²) in [4.78, 5) is 17.2. The number of aryl methyl sites for hydroxylation is 2. The number of rotatable bonds is 6. The van der Waals surface area contributed by atoms with Gasteiger partial charge < -0.3 is 19.9 Å². The normalized spacial score (nSPS) is 14.8. The molecule has 2 aromatic carbocycles. The molecule has 0 spiro atoms. The molecule has 6 heteroatoms. The van der Waals surface area contributed by atoms with Crippen LogP contribution in [0.2, 0.25) is 0 Å². The first-order valence-electron chi connectivity index (χ1n) is 9.73. The number of nitrogens with zero attached hydrogens (tertiary/aromatic N) is 2. The first kappa shape index (κ1) is 20.7. The van der Waals surface area contributed by atoms with Crippen molar-refractivity contribution in [2.75, 3.05) is 49.5 Å². The summed E-state index contributed by atoms with van der Waals surface area (Å²) < 4.78 is 6.47. The van der Waals surface area contributed by atoms with Crippen molar-refractivity contribution in [2.45, 2.75) is 20.8 Å². The number of benzene rings is 2. The second-order valence-electron chi connectivity index (χ2n) is 7.19. The van der Waals surface area contributed by atoms with Gasteiger partial charge in [0.25, 0.3) is 5.91 Å². The average Bonchev–Trinajstić information content (AvgIpc) is 2.67. The van der Waals surface area contributed by atoms with Crippen molar-refractivity contribution in [3.8, 4) is 5.75 Å². The lowest BCUT2D eigenvalue weighted by molar-refractivity contribution is -0.118. The van der Waals surface area contributed by atoms with Gasteiger partial charge in [0.1, 0.15) is 5.75 Å². The Hall–Kier alpha value is -2.05. The van der Waals surface area contributed by atoms with Gasteiger partial charge in [0.2, 0.25) is 0 Å². The third-order valence-corrected chi connectivity index (χ3v) is 5.71. The van der Waals surface area contributed by atoms with Gasteiger partial charge in [-0.25, -0.2) is 0 Å². The third-order valence-electron chi connectivity index (χ3n) is 5.09. The van der Waals surface area contributed by atoms with Crippen LogP contribution >= 0.6 is 15.9 Å². The maximum atomic E-state index is 12.3. The molecular weight excluding hydrogens is 418 g/mol. The van der Waals surface area contributed by atoms with E-state index in [1.165, 1.54) is 11.3 Å². The smallest absolute Gasteiger partial charge is 0.262 e. The maximum Gasteiger partial charge on any atom is 0.262 e. The average molecular weight is 446 g/mol. The number of carbonyl (C=O) groups excluding carboxylic acids is 1. The number of piperazine rings is 1. The molecule has 1 N–H and O–H groups in total. The Bertz CT molecular complexity index is 833. The Balaban J connectivity index is 1.55. The van der Waals surface area contributed by atoms with Gasteiger partial charge in [0.05, 0.1) is 4.47 Å². The fraction of sp³-hybridized carbons (Fsp3) is 0.409. The topological polar surface area (TPSA) is 44.8 Å². The number of amides is 1. The van der Waals surface area contributed by atoms with Crippen LogP contribution in [0, 0.1) is 13.8 Å². The molecule has 1 heterocycles. The number of carbonyl (C=O) groups is 1. The summed E-state index contributed by atoms with van der Waals surface area (Å²) >= 11 is 3.46. The van der Waals surface area contributed by atoms with E-state index < -0.39 is 0 Å². The van der Waals surface area contributed by atoms with Gasteiger partial charge in [-0.2, -0.15) is 0 Å². The summed E-state index contributed by atoms with van der Waals surface area (Å²) in [5, 5.41) is 2.92. The summed E-state index contributed by atoms with van der Waals surface area (Å²) in [7, 11) is 0. The molecule has 0 unspecified atom stereocenters. The van der Waals surface area contributed by atoms with Crippen molar-refractivity contribution in [2.24, 2.45) is 0 Å². The SMILES string of the molecule is CCN1CCN(c2ccc(NC(=O)COc3ccc(C)cc3Br)cc2C)CC1. The van der Waals surface area contributed by atoms with Gasteiger partial charge in [-0.3, -0.25) is 4.79 Å². The van der Waals surface area contributed by atoms with Crippen LogP contribution in [0.25, 0.3) is 0 Å². The highest BCUT2D eigenvalue weighted by Gasteiger charge is 2.17. The largest absolute Gasteiger partial charge is 0.483 e. The molecule has 0 radical (unpaired) electrons. The van der Waals surface area contributed by atoms with Crippen molar-refractivity contribution in [1.82, 2.24) is 4.90 Å². The van der Waals surface area contributed by atoms with Gasteiger partial charge in [0, 0.05) is 37.6 Å². The van der Waals surface area contributed by atoms with Crippen molar-refractivity contribution < 1.29 is 9.53 Å². The molecule has 1 aliphatic heterocycles. The molecular formula is C22H28BrN3O2. The monoisotopic (exact) mass is 445 g/mol. The van der Waals surface area contributed by atoms with Gasteiger partial charge in [-0.1, -0.05) is 13.0 Å². The Morgan fingerprint density at radius 2 is 1.86 bits per heavy atom. The number of hydrogen-bond donors (Lipinski definition) is 1. The lowest BCUT2D eigenvalue weighted by Crippen LogP contribution is -2.46. The van der Waals surface area contributed by atoms with Gasteiger partial charge in [-0.15, -0.1) is 0 Å². The molecule has 5 nitrogen and oxygen atoms in total. The third kappa shape index (κ3) is 5.26. The molecule has 1 saturated heterocycles. The Labute approximate surface area is 175 Å². The molecule has 0 atom stereocenters. The van der Waals surface area contributed by atoms with E-state index in [1.54, 1.807) is 0 Å². The predicted molar refractivity (Wildman–Crippen MR) is 119 cm³/mol. The van der Waals surface area contributed by atoms with Crippen LogP contribution in [0.1, 0.15) is 18.1 Å². The van der Waals surface area contributed by atoms with E-state index in [2.05, 4.69) is 51.0 Å².